The molecule has 3 aromatic rings. The van der Waals surface area contributed by atoms with Gasteiger partial charge in [-0.2, -0.15) is 9.38 Å². The molecule has 0 saturated heterocycles. The smallest absolute Gasteiger partial charge is 0.358 e. The Kier molecular flexibility index (Phi) is 3.07. The fourth-order valence-corrected chi connectivity index (χ4v) is 2.67. The predicted molar refractivity (Wildman–Crippen MR) is 76.0 cm³/mol. The summed E-state index contributed by atoms with van der Waals surface area (Å²) in [6, 6.07) is 5.40. The second-order valence-electron chi connectivity index (χ2n) is 4.22. The molecule has 0 aliphatic heterocycles. The highest BCUT2D eigenvalue weighted by Crippen LogP contribution is 2.30. The standard InChI is InChI=1S/C12H11N5O2S/c1-8(9-4-2-3-5-13-9)14-10-11(17(18)19)16-6-7-20-12(16)15-10/h2-8,14H,1H3/t8-/m0/s1. The minimum atomic E-state index is -0.430. The monoisotopic (exact) mass is 289 g/mol. The van der Waals surface area contributed by atoms with Crippen molar-refractivity contribution in [2.75, 3.05) is 5.32 Å². The van der Waals surface area contributed by atoms with Crippen molar-refractivity contribution in [2.24, 2.45) is 0 Å². The lowest BCUT2D eigenvalue weighted by Crippen LogP contribution is -2.10. The first-order valence-corrected chi connectivity index (χ1v) is 6.82. The number of aromatic nitrogens is 3. The van der Waals surface area contributed by atoms with E-state index in [2.05, 4.69) is 15.3 Å². The highest BCUT2D eigenvalue weighted by atomic mass is 32.1. The van der Waals surface area contributed by atoms with Crippen LogP contribution in [0, 0.1) is 10.1 Å². The van der Waals surface area contributed by atoms with Gasteiger partial charge in [0.2, 0.25) is 5.82 Å². The van der Waals surface area contributed by atoms with Gasteiger partial charge in [0.25, 0.3) is 4.96 Å². The highest BCUT2D eigenvalue weighted by Gasteiger charge is 2.24. The number of hydrogen-bond acceptors (Lipinski definition) is 6. The number of pyridine rings is 1. The van der Waals surface area contributed by atoms with Crippen LogP contribution in [0.3, 0.4) is 0 Å². The Morgan fingerprint density at radius 3 is 3.05 bits per heavy atom. The lowest BCUT2D eigenvalue weighted by atomic mass is 10.2. The lowest BCUT2D eigenvalue weighted by Gasteiger charge is -2.11. The number of thiazole rings is 1. The molecule has 0 aromatic carbocycles. The third-order valence-electron chi connectivity index (χ3n) is 2.89. The summed E-state index contributed by atoms with van der Waals surface area (Å²) in [5.41, 5.74) is 0.804. The Morgan fingerprint density at radius 2 is 2.35 bits per heavy atom. The van der Waals surface area contributed by atoms with Gasteiger partial charge in [-0.15, -0.1) is 0 Å². The Bertz CT molecular complexity index is 752. The van der Waals surface area contributed by atoms with E-state index in [1.807, 2.05) is 25.1 Å². The van der Waals surface area contributed by atoms with Gasteiger partial charge in [0.05, 0.1) is 11.7 Å². The van der Waals surface area contributed by atoms with E-state index >= 15 is 0 Å². The van der Waals surface area contributed by atoms with Gasteiger partial charge in [-0.05, 0) is 24.0 Å². The van der Waals surface area contributed by atoms with Crippen molar-refractivity contribution in [3.63, 3.8) is 0 Å². The van der Waals surface area contributed by atoms with Crippen molar-refractivity contribution < 1.29 is 4.92 Å². The Hall–Kier alpha value is -2.48. The molecule has 1 N–H and O–H groups in total. The normalized spacial score (nSPS) is 12.4. The molecule has 0 spiro atoms. The van der Waals surface area contributed by atoms with Crippen molar-refractivity contribution in [1.29, 1.82) is 0 Å². The van der Waals surface area contributed by atoms with E-state index in [9.17, 15) is 10.1 Å². The quantitative estimate of drug-likeness (QED) is 0.589. The van der Waals surface area contributed by atoms with Gasteiger partial charge in [0, 0.05) is 11.6 Å². The van der Waals surface area contributed by atoms with Crippen LogP contribution in [0.15, 0.2) is 36.0 Å². The van der Waals surface area contributed by atoms with Crippen molar-refractivity contribution in [1.82, 2.24) is 14.4 Å². The fourth-order valence-electron chi connectivity index (χ4n) is 1.96. The molecule has 0 radical (unpaired) electrons. The molecule has 0 aliphatic carbocycles. The molecule has 0 aliphatic rings. The minimum absolute atomic E-state index is 0.0518. The topological polar surface area (TPSA) is 85.4 Å². The summed E-state index contributed by atoms with van der Waals surface area (Å²) >= 11 is 1.35. The van der Waals surface area contributed by atoms with E-state index in [0.29, 0.717) is 4.96 Å². The zero-order chi connectivity index (χ0) is 14.1. The van der Waals surface area contributed by atoms with Crippen LogP contribution in [-0.4, -0.2) is 19.3 Å². The van der Waals surface area contributed by atoms with Gasteiger partial charge in [-0.1, -0.05) is 17.4 Å². The first kappa shape index (κ1) is 12.5. The summed E-state index contributed by atoms with van der Waals surface area (Å²) in [6.07, 6.45) is 3.33. The van der Waals surface area contributed by atoms with Gasteiger partial charge in [0.15, 0.2) is 0 Å². The molecule has 3 rings (SSSR count). The van der Waals surface area contributed by atoms with E-state index in [1.54, 1.807) is 17.8 Å². The molecule has 0 bridgehead atoms. The lowest BCUT2D eigenvalue weighted by molar-refractivity contribution is -0.389. The van der Waals surface area contributed by atoms with E-state index in [-0.39, 0.29) is 17.7 Å². The van der Waals surface area contributed by atoms with Crippen LogP contribution in [0.2, 0.25) is 0 Å². The third-order valence-corrected chi connectivity index (χ3v) is 3.65. The third kappa shape index (κ3) is 2.10. The maximum atomic E-state index is 11.2. The maximum Gasteiger partial charge on any atom is 0.372 e. The van der Waals surface area contributed by atoms with Crippen molar-refractivity contribution in [2.45, 2.75) is 13.0 Å². The number of hydrogen-bond donors (Lipinski definition) is 1. The zero-order valence-electron chi connectivity index (χ0n) is 10.6. The minimum Gasteiger partial charge on any atom is -0.358 e. The van der Waals surface area contributed by atoms with E-state index in [0.717, 1.165) is 5.69 Å². The number of imidazole rings is 1. The van der Waals surface area contributed by atoms with E-state index in [4.69, 9.17) is 0 Å². The summed E-state index contributed by atoms with van der Waals surface area (Å²) in [6.45, 7) is 1.89. The molecule has 20 heavy (non-hydrogen) atoms. The van der Waals surface area contributed by atoms with E-state index in [1.165, 1.54) is 15.7 Å². The summed E-state index contributed by atoms with van der Waals surface area (Å²) in [5.74, 6) is 0.212. The molecular formula is C12H11N5O2S. The number of fused-ring (bicyclic) bond motifs is 1. The SMILES string of the molecule is C[C@H](Nc1nc2sccn2c1[N+](=O)[O-])c1ccccn1. The zero-order valence-corrected chi connectivity index (χ0v) is 11.4. The highest BCUT2D eigenvalue weighted by molar-refractivity contribution is 7.15. The number of nitrogens with zero attached hydrogens (tertiary/aromatic N) is 4. The van der Waals surface area contributed by atoms with Crippen LogP contribution in [0.5, 0.6) is 0 Å². The number of nitro groups is 1. The largest absolute Gasteiger partial charge is 0.372 e. The van der Waals surface area contributed by atoms with Crippen LogP contribution < -0.4 is 5.32 Å². The second-order valence-corrected chi connectivity index (χ2v) is 5.09. The Balaban J connectivity index is 1.96. The van der Waals surface area contributed by atoms with Crippen LogP contribution in [0.25, 0.3) is 4.96 Å². The number of anilines is 1. The van der Waals surface area contributed by atoms with Crippen molar-refractivity contribution >= 4 is 27.9 Å². The summed E-state index contributed by atoms with van der Waals surface area (Å²) in [7, 11) is 0. The van der Waals surface area contributed by atoms with Gasteiger partial charge < -0.3 is 15.4 Å². The summed E-state index contributed by atoms with van der Waals surface area (Å²) in [5, 5.41) is 16.0. The molecule has 0 saturated carbocycles. The average molecular weight is 289 g/mol. The first-order valence-electron chi connectivity index (χ1n) is 5.94. The van der Waals surface area contributed by atoms with Gasteiger partial charge in [0.1, 0.15) is 6.20 Å². The number of rotatable bonds is 4. The molecule has 3 aromatic heterocycles. The molecule has 0 fully saturated rings. The van der Waals surface area contributed by atoms with Gasteiger partial charge >= 0.3 is 5.82 Å². The van der Waals surface area contributed by atoms with Crippen LogP contribution in [-0.2, 0) is 0 Å². The molecule has 102 valence electrons. The van der Waals surface area contributed by atoms with Crippen LogP contribution >= 0.6 is 11.3 Å². The molecule has 1 atom stereocenters. The predicted octanol–water partition coefficient (Wildman–Crippen LogP) is 2.87. The fraction of sp³-hybridized carbons (Fsp3) is 0.167. The Labute approximate surface area is 118 Å². The summed E-state index contributed by atoms with van der Waals surface area (Å²) < 4.78 is 1.47. The Morgan fingerprint density at radius 1 is 1.50 bits per heavy atom. The van der Waals surface area contributed by atoms with Crippen molar-refractivity contribution in [3.05, 3.63) is 51.8 Å². The molecule has 0 amide bonds. The average Bonchev–Trinajstić information content (AvgIpc) is 2.99. The molecule has 3 heterocycles. The van der Waals surface area contributed by atoms with Gasteiger partial charge in [-0.3, -0.25) is 4.98 Å². The molecule has 0 unspecified atom stereocenters. The van der Waals surface area contributed by atoms with Gasteiger partial charge in [-0.25, -0.2) is 0 Å². The van der Waals surface area contributed by atoms with Crippen molar-refractivity contribution in [3.8, 4) is 0 Å². The molecule has 8 heteroatoms. The second kappa shape index (κ2) is 4.89. The van der Waals surface area contributed by atoms with Crippen LogP contribution in [0.1, 0.15) is 18.7 Å². The summed E-state index contributed by atoms with van der Waals surface area (Å²) in [4.78, 5) is 19.9. The first-order chi connectivity index (χ1) is 9.66. The molecule has 7 nitrogen and oxygen atoms in total. The van der Waals surface area contributed by atoms with E-state index < -0.39 is 4.92 Å². The number of nitrogens with one attached hydrogen (secondary N) is 1. The molecular weight excluding hydrogens is 278 g/mol. The van der Waals surface area contributed by atoms with Crippen LogP contribution in [0.4, 0.5) is 11.6 Å². The maximum absolute atomic E-state index is 11.2.